The third kappa shape index (κ3) is 5.84. The molecule has 0 atom stereocenters. The topological polar surface area (TPSA) is 118 Å². The Hall–Kier alpha value is -5.05. The van der Waals surface area contributed by atoms with Gasteiger partial charge in [0.15, 0.2) is 17.6 Å². The first-order valence-corrected chi connectivity index (χ1v) is 12.0. The fraction of sp³-hybridized carbons (Fsp3) is 0.138. The van der Waals surface area contributed by atoms with E-state index in [1.54, 1.807) is 25.4 Å². The molecule has 9 heteroatoms. The highest BCUT2D eigenvalue weighted by Gasteiger charge is 2.13. The minimum atomic E-state index is -0.479. The molecule has 0 fully saturated rings. The van der Waals surface area contributed by atoms with Gasteiger partial charge in [0.2, 0.25) is 0 Å². The van der Waals surface area contributed by atoms with Crippen molar-refractivity contribution in [3.05, 3.63) is 112 Å². The van der Waals surface area contributed by atoms with Crippen molar-refractivity contribution in [1.29, 1.82) is 0 Å². The molecule has 5 aromatic rings. The number of nitrogens with one attached hydrogen (secondary N) is 3. The third-order valence-electron chi connectivity index (χ3n) is 5.97. The van der Waals surface area contributed by atoms with Gasteiger partial charge in [-0.25, -0.2) is 9.78 Å². The Morgan fingerprint density at radius 2 is 1.76 bits per heavy atom. The van der Waals surface area contributed by atoms with Crippen LogP contribution >= 0.6 is 0 Å². The highest BCUT2D eigenvalue weighted by molar-refractivity contribution is 5.88. The van der Waals surface area contributed by atoms with Gasteiger partial charge < -0.3 is 29.5 Å². The van der Waals surface area contributed by atoms with Gasteiger partial charge in [0, 0.05) is 30.6 Å². The molecule has 2 aromatic heterocycles. The van der Waals surface area contributed by atoms with Crippen molar-refractivity contribution in [2.24, 2.45) is 0 Å². The van der Waals surface area contributed by atoms with E-state index in [4.69, 9.17) is 13.9 Å². The van der Waals surface area contributed by atoms with Crippen LogP contribution < -0.4 is 20.8 Å². The molecule has 38 heavy (non-hydrogen) atoms. The van der Waals surface area contributed by atoms with Gasteiger partial charge in [-0.2, -0.15) is 0 Å². The first-order valence-electron chi connectivity index (χ1n) is 12.0. The summed E-state index contributed by atoms with van der Waals surface area (Å²) in [4.78, 5) is 32.1. The molecule has 192 valence electrons. The molecule has 0 unspecified atom stereocenters. The Bertz CT molecular complexity index is 1600. The number of anilines is 1. The number of fused-ring (bicyclic) bond motifs is 1. The number of methoxy groups -OCH3 is 1. The molecule has 2 heterocycles. The zero-order chi connectivity index (χ0) is 26.3. The van der Waals surface area contributed by atoms with Crippen LogP contribution in [-0.4, -0.2) is 23.2 Å². The number of aromatic nitrogens is 2. The zero-order valence-electron chi connectivity index (χ0n) is 20.7. The van der Waals surface area contributed by atoms with E-state index in [0.29, 0.717) is 46.9 Å². The van der Waals surface area contributed by atoms with E-state index >= 15 is 0 Å². The number of amides is 1. The van der Waals surface area contributed by atoms with Crippen LogP contribution in [0, 0.1) is 0 Å². The van der Waals surface area contributed by atoms with Crippen LogP contribution in [0.3, 0.4) is 0 Å². The van der Waals surface area contributed by atoms with Crippen molar-refractivity contribution in [1.82, 2.24) is 15.3 Å². The summed E-state index contributed by atoms with van der Waals surface area (Å²) < 4.78 is 16.2. The molecule has 3 aromatic carbocycles. The number of carbonyl (C=O) groups excluding carboxylic acids is 1. The monoisotopic (exact) mass is 510 g/mol. The van der Waals surface area contributed by atoms with E-state index in [-0.39, 0.29) is 12.0 Å². The van der Waals surface area contributed by atoms with Crippen molar-refractivity contribution in [2.75, 3.05) is 12.4 Å². The second-order valence-corrected chi connectivity index (χ2v) is 8.60. The van der Waals surface area contributed by atoms with Crippen molar-refractivity contribution in [3.63, 3.8) is 0 Å². The fourth-order valence-corrected chi connectivity index (χ4v) is 4.08. The first-order chi connectivity index (χ1) is 18.6. The summed E-state index contributed by atoms with van der Waals surface area (Å²) in [5.41, 5.74) is 3.98. The van der Waals surface area contributed by atoms with E-state index < -0.39 is 6.09 Å². The number of oxazole rings is 1. The van der Waals surface area contributed by atoms with Crippen LogP contribution in [0.25, 0.3) is 22.2 Å². The van der Waals surface area contributed by atoms with Gasteiger partial charge >= 0.3 is 6.09 Å². The van der Waals surface area contributed by atoms with Gasteiger partial charge in [-0.3, -0.25) is 4.79 Å². The summed E-state index contributed by atoms with van der Waals surface area (Å²) in [7, 11) is 1.56. The standard InChI is InChI=1S/C29H26N4O5/c1-36-26-12-24-22(11-23(26)27-16-30-18-38-27)25(34)13-28(33-24)31-14-20-8-5-9-21(10-20)15-32-29(35)37-17-19-6-3-2-4-7-19/h2-13,16,18H,14-15,17H2,1H3,(H,32,35)(H2,31,33,34). The number of benzene rings is 3. The average molecular weight is 511 g/mol. The lowest BCUT2D eigenvalue weighted by Crippen LogP contribution is -2.23. The predicted molar refractivity (Wildman–Crippen MR) is 144 cm³/mol. The quantitative estimate of drug-likeness (QED) is 0.248. The lowest BCUT2D eigenvalue weighted by Gasteiger charge is -2.12. The summed E-state index contributed by atoms with van der Waals surface area (Å²) in [6.45, 7) is 1.02. The van der Waals surface area contributed by atoms with Gasteiger partial charge in [-0.05, 0) is 22.8 Å². The maximum Gasteiger partial charge on any atom is 0.407 e. The number of alkyl carbamates (subject to hydrolysis) is 1. The number of aromatic amines is 1. The van der Waals surface area contributed by atoms with Gasteiger partial charge in [-0.1, -0.05) is 54.6 Å². The number of ether oxygens (including phenoxy) is 2. The van der Waals surface area contributed by atoms with Crippen LogP contribution in [0.5, 0.6) is 5.75 Å². The minimum absolute atomic E-state index is 0.142. The van der Waals surface area contributed by atoms with E-state index in [1.807, 2.05) is 54.6 Å². The normalized spacial score (nSPS) is 10.8. The number of carbonyl (C=O) groups is 1. The molecular formula is C29H26N4O5. The van der Waals surface area contributed by atoms with E-state index in [2.05, 4.69) is 20.6 Å². The van der Waals surface area contributed by atoms with Crippen molar-refractivity contribution in [3.8, 4) is 17.1 Å². The van der Waals surface area contributed by atoms with E-state index in [0.717, 1.165) is 16.7 Å². The SMILES string of the molecule is COc1cc2[nH]c(NCc3cccc(CNC(=O)OCc4ccccc4)c3)cc(=O)c2cc1-c1cnco1. The number of hydrogen-bond donors (Lipinski definition) is 3. The molecule has 0 radical (unpaired) electrons. The van der Waals surface area contributed by atoms with Crippen LogP contribution in [0.2, 0.25) is 0 Å². The number of nitrogens with zero attached hydrogens (tertiary/aromatic N) is 1. The van der Waals surface area contributed by atoms with Gasteiger partial charge in [-0.15, -0.1) is 0 Å². The Morgan fingerprint density at radius 3 is 2.53 bits per heavy atom. The predicted octanol–water partition coefficient (Wildman–Crippen LogP) is 5.23. The van der Waals surface area contributed by atoms with Crippen LogP contribution in [0.1, 0.15) is 16.7 Å². The van der Waals surface area contributed by atoms with Crippen LogP contribution in [0.4, 0.5) is 10.6 Å². The Morgan fingerprint density at radius 1 is 0.974 bits per heavy atom. The summed E-state index contributed by atoms with van der Waals surface area (Å²) in [5.74, 6) is 1.65. The number of H-pyrrole nitrogens is 1. The number of hydrogen-bond acceptors (Lipinski definition) is 7. The molecule has 0 aliphatic rings. The molecule has 0 saturated carbocycles. The molecular weight excluding hydrogens is 484 g/mol. The Kier molecular flexibility index (Phi) is 7.35. The lowest BCUT2D eigenvalue weighted by atomic mass is 10.1. The number of rotatable bonds is 9. The van der Waals surface area contributed by atoms with Gasteiger partial charge in [0.25, 0.3) is 0 Å². The summed E-state index contributed by atoms with van der Waals surface area (Å²) in [6, 6.07) is 22.3. The van der Waals surface area contributed by atoms with Crippen molar-refractivity contribution < 1.29 is 18.7 Å². The maximum atomic E-state index is 12.9. The summed E-state index contributed by atoms with van der Waals surface area (Å²) >= 11 is 0. The molecule has 5 rings (SSSR count). The highest BCUT2D eigenvalue weighted by Crippen LogP contribution is 2.32. The molecule has 9 nitrogen and oxygen atoms in total. The van der Waals surface area contributed by atoms with E-state index in [1.165, 1.54) is 12.5 Å². The first kappa shape index (κ1) is 24.6. The smallest absolute Gasteiger partial charge is 0.407 e. The summed E-state index contributed by atoms with van der Waals surface area (Å²) in [5, 5.41) is 6.55. The lowest BCUT2D eigenvalue weighted by molar-refractivity contribution is 0.139. The molecule has 0 aliphatic carbocycles. The van der Waals surface area contributed by atoms with Gasteiger partial charge in [0.1, 0.15) is 18.2 Å². The van der Waals surface area contributed by atoms with E-state index in [9.17, 15) is 9.59 Å². The third-order valence-corrected chi connectivity index (χ3v) is 5.97. The molecule has 1 amide bonds. The minimum Gasteiger partial charge on any atom is -0.496 e. The average Bonchev–Trinajstić information content (AvgIpc) is 3.49. The zero-order valence-corrected chi connectivity index (χ0v) is 20.7. The largest absolute Gasteiger partial charge is 0.496 e. The van der Waals surface area contributed by atoms with Crippen LogP contribution in [-0.2, 0) is 24.4 Å². The summed E-state index contributed by atoms with van der Waals surface area (Å²) in [6.07, 6.45) is 2.43. The van der Waals surface area contributed by atoms with Crippen molar-refractivity contribution in [2.45, 2.75) is 19.7 Å². The second kappa shape index (κ2) is 11.3. The molecule has 0 spiro atoms. The fourth-order valence-electron chi connectivity index (χ4n) is 4.08. The maximum absolute atomic E-state index is 12.9. The molecule has 0 aliphatic heterocycles. The van der Waals surface area contributed by atoms with Crippen LogP contribution in [0.15, 0.2) is 94.6 Å². The molecule has 0 saturated heterocycles. The molecule has 3 N–H and O–H groups in total. The van der Waals surface area contributed by atoms with Crippen molar-refractivity contribution >= 4 is 22.8 Å². The number of pyridine rings is 1. The Balaban J connectivity index is 1.22. The molecule has 0 bridgehead atoms. The van der Waals surface area contributed by atoms with Gasteiger partial charge in [0.05, 0.1) is 24.4 Å². The Labute approximate surface area is 218 Å². The second-order valence-electron chi connectivity index (χ2n) is 8.60. The highest BCUT2D eigenvalue weighted by atomic mass is 16.5.